The molecule has 0 saturated carbocycles. The molecule has 0 amide bonds. The molecule has 0 aliphatic rings. The molecule has 0 bridgehead atoms. The van der Waals surface area contributed by atoms with Gasteiger partial charge >= 0.3 is 0 Å². The van der Waals surface area contributed by atoms with E-state index in [-0.39, 0.29) is 0 Å². The summed E-state index contributed by atoms with van der Waals surface area (Å²) < 4.78 is 23.3. The van der Waals surface area contributed by atoms with E-state index in [0.717, 1.165) is 45.3 Å². The minimum Gasteiger partial charge on any atom is -0.489 e. The number of ether oxygens (including phenoxy) is 3. The Bertz CT molecular complexity index is 1570. The summed E-state index contributed by atoms with van der Waals surface area (Å²) in [4.78, 5) is 0. The zero-order chi connectivity index (χ0) is 29.3. The van der Waals surface area contributed by atoms with Crippen LogP contribution in [0.25, 0.3) is 0 Å². The fourth-order valence-electron chi connectivity index (χ4n) is 3.99. The van der Waals surface area contributed by atoms with Crippen LogP contribution in [0.1, 0.15) is 16.7 Å². The van der Waals surface area contributed by atoms with Crippen LogP contribution in [0.15, 0.2) is 119 Å². The molecule has 0 heterocycles. The standard InChI is InChI=1S/C33H24I4N2O3/c34-25-10-22(11-26(35)16-25)19-41-32-14-24(15-33(18-32)42-20-23-12-27(36)17-28(37)13-23)21-40-31-8-6-30(7-9-31)39-38-29-4-2-1-3-5-29/h1-18H,19-21H2. The van der Waals surface area contributed by atoms with Crippen molar-refractivity contribution >= 4 is 102 Å². The number of halogens is 4. The molecule has 0 N–H and O–H groups in total. The molecule has 0 atom stereocenters. The van der Waals surface area contributed by atoms with Crippen molar-refractivity contribution in [1.82, 2.24) is 0 Å². The Balaban J connectivity index is 1.28. The summed E-state index contributed by atoms with van der Waals surface area (Å²) >= 11 is 9.33. The van der Waals surface area contributed by atoms with Crippen LogP contribution in [-0.2, 0) is 19.8 Å². The molecule has 0 aromatic heterocycles. The van der Waals surface area contributed by atoms with E-state index in [1.165, 1.54) is 14.3 Å². The molecular weight excluding hydrogens is 980 g/mol. The summed E-state index contributed by atoms with van der Waals surface area (Å²) in [6.45, 7) is 1.29. The van der Waals surface area contributed by atoms with Gasteiger partial charge in [-0.15, -0.1) is 0 Å². The quantitative estimate of drug-likeness (QED) is 0.0979. The van der Waals surface area contributed by atoms with Gasteiger partial charge in [0.25, 0.3) is 0 Å². The summed E-state index contributed by atoms with van der Waals surface area (Å²) in [6, 6.07) is 36.0. The maximum absolute atomic E-state index is 6.24. The molecule has 42 heavy (non-hydrogen) atoms. The fraction of sp³-hybridized carbons (Fsp3) is 0.0909. The lowest BCUT2D eigenvalue weighted by atomic mass is 10.2. The predicted octanol–water partition coefficient (Wildman–Crippen LogP) is 11.3. The SMILES string of the molecule is Ic1cc(I)cc(COc2cc(COc3ccc(N=Nc4ccccc4)cc3)cc(OCc3cc(I)cc(I)c3)c2)c1. The molecule has 212 valence electrons. The van der Waals surface area contributed by atoms with Gasteiger partial charge in [0.1, 0.15) is 37.1 Å². The van der Waals surface area contributed by atoms with Crippen molar-refractivity contribution in [2.24, 2.45) is 10.2 Å². The Labute approximate surface area is 300 Å². The Kier molecular flexibility index (Phi) is 11.7. The molecule has 9 heteroatoms. The second-order valence-corrected chi connectivity index (χ2v) is 14.2. The third-order valence-electron chi connectivity index (χ3n) is 5.87. The normalized spacial score (nSPS) is 11.0. The summed E-state index contributed by atoms with van der Waals surface area (Å²) in [5, 5.41) is 8.58. The third-order valence-corrected chi connectivity index (χ3v) is 8.37. The first-order chi connectivity index (χ1) is 20.4. The lowest BCUT2D eigenvalue weighted by Gasteiger charge is -2.14. The highest BCUT2D eigenvalue weighted by Crippen LogP contribution is 2.28. The first-order valence-corrected chi connectivity index (χ1v) is 17.2. The Morgan fingerprint density at radius 1 is 0.405 bits per heavy atom. The van der Waals surface area contributed by atoms with E-state index in [9.17, 15) is 0 Å². The monoisotopic (exact) mass is 1000 g/mol. The summed E-state index contributed by atoms with van der Waals surface area (Å²) in [5.74, 6) is 2.20. The van der Waals surface area contributed by atoms with Gasteiger partial charge in [0, 0.05) is 20.3 Å². The van der Waals surface area contributed by atoms with Crippen LogP contribution in [0.2, 0.25) is 0 Å². The van der Waals surface area contributed by atoms with Crippen molar-refractivity contribution in [3.8, 4) is 17.2 Å². The van der Waals surface area contributed by atoms with Gasteiger partial charge in [-0.1, -0.05) is 18.2 Å². The van der Waals surface area contributed by atoms with Crippen molar-refractivity contribution in [1.29, 1.82) is 0 Å². The summed E-state index contributed by atoms with van der Waals surface area (Å²) in [6.07, 6.45) is 0. The average molecular weight is 1000 g/mol. The molecule has 5 nitrogen and oxygen atoms in total. The Hall–Kier alpha value is -1.98. The van der Waals surface area contributed by atoms with E-state index < -0.39 is 0 Å². The van der Waals surface area contributed by atoms with E-state index >= 15 is 0 Å². The highest BCUT2D eigenvalue weighted by atomic mass is 127. The van der Waals surface area contributed by atoms with Gasteiger partial charge in [-0.2, -0.15) is 10.2 Å². The topological polar surface area (TPSA) is 52.4 Å². The molecule has 0 saturated heterocycles. The highest BCUT2D eigenvalue weighted by molar-refractivity contribution is 14.1. The van der Waals surface area contributed by atoms with Crippen LogP contribution < -0.4 is 14.2 Å². The molecule has 5 aromatic carbocycles. The van der Waals surface area contributed by atoms with Crippen molar-refractivity contribution in [3.63, 3.8) is 0 Å². The Morgan fingerprint density at radius 3 is 1.29 bits per heavy atom. The van der Waals surface area contributed by atoms with Crippen LogP contribution in [0.3, 0.4) is 0 Å². The van der Waals surface area contributed by atoms with Gasteiger partial charge in [-0.05, 0) is 192 Å². The molecule has 0 aliphatic heterocycles. The zero-order valence-corrected chi connectivity index (χ0v) is 30.8. The van der Waals surface area contributed by atoms with Gasteiger partial charge in [-0.25, -0.2) is 0 Å². The molecule has 0 spiro atoms. The van der Waals surface area contributed by atoms with E-state index in [2.05, 4.69) is 137 Å². The molecule has 0 aliphatic carbocycles. The van der Waals surface area contributed by atoms with E-state index in [4.69, 9.17) is 14.2 Å². The maximum atomic E-state index is 6.24. The highest BCUT2D eigenvalue weighted by Gasteiger charge is 2.08. The molecular formula is C33H24I4N2O3. The molecule has 0 radical (unpaired) electrons. The molecule has 5 aromatic rings. The van der Waals surface area contributed by atoms with E-state index in [1.807, 2.05) is 72.8 Å². The van der Waals surface area contributed by atoms with Gasteiger partial charge in [0.2, 0.25) is 0 Å². The minimum atomic E-state index is 0.362. The number of benzene rings is 5. The zero-order valence-electron chi connectivity index (χ0n) is 22.1. The van der Waals surface area contributed by atoms with Crippen LogP contribution >= 0.6 is 90.4 Å². The van der Waals surface area contributed by atoms with E-state index in [1.54, 1.807) is 0 Å². The smallest absolute Gasteiger partial charge is 0.123 e. The number of hydrogen-bond acceptors (Lipinski definition) is 5. The predicted molar refractivity (Wildman–Crippen MR) is 200 cm³/mol. The summed E-state index contributed by atoms with van der Waals surface area (Å²) in [5.41, 5.74) is 4.76. The van der Waals surface area contributed by atoms with Gasteiger partial charge in [0.05, 0.1) is 11.4 Å². The van der Waals surface area contributed by atoms with Crippen molar-refractivity contribution in [2.75, 3.05) is 0 Å². The first-order valence-electron chi connectivity index (χ1n) is 12.9. The Morgan fingerprint density at radius 2 is 0.810 bits per heavy atom. The van der Waals surface area contributed by atoms with Crippen molar-refractivity contribution < 1.29 is 14.2 Å². The van der Waals surface area contributed by atoms with Crippen LogP contribution in [0.5, 0.6) is 17.2 Å². The van der Waals surface area contributed by atoms with Crippen molar-refractivity contribution in [3.05, 3.63) is 140 Å². The van der Waals surface area contributed by atoms with Crippen molar-refractivity contribution in [2.45, 2.75) is 19.8 Å². The fourth-order valence-corrected chi connectivity index (χ4v) is 8.12. The number of hydrogen-bond donors (Lipinski definition) is 0. The first kappa shape index (κ1) is 31.4. The number of nitrogens with zero attached hydrogens (tertiary/aromatic N) is 2. The second-order valence-electron chi connectivity index (χ2n) is 9.26. The molecule has 5 rings (SSSR count). The van der Waals surface area contributed by atoms with Gasteiger partial charge in [-0.3, -0.25) is 0 Å². The summed E-state index contributed by atoms with van der Waals surface area (Å²) in [7, 11) is 0. The average Bonchev–Trinajstić information content (AvgIpc) is 2.97. The lowest BCUT2D eigenvalue weighted by molar-refractivity contribution is 0.281. The van der Waals surface area contributed by atoms with Crippen LogP contribution in [0.4, 0.5) is 11.4 Å². The van der Waals surface area contributed by atoms with Crippen LogP contribution in [-0.4, -0.2) is 0 Å². The largest absolute Gasteiger partial charge is 0.489 e. The molecule has 0 unspecified atom stereocenters. The maximum Gasteiger partial charge on any atom is 0.123 e. The third kappa shape index (κ3) is 10.0. The molecule has 0 fully saturated rings. The van der Waals surface area contributed by atoms with Crippen LogP contribution in [0, 0.1) is 14.3 Å². The lowest BCUT2D eigenvalue weighted by Crippen LogP contribution is -2.02. The number of rotatable bonds is 11. The van der Waals surface area contributed by atoms with Gasteiger partial charge < -0.3 is 14.2 Å². The van der Waals surface area contributed by atoms with E-state index in [0.29, 0.717) is 19.8 Å². The minimum absolute atomic E-state index is 0.362. The van der Waals surface area contributed by atoms with Gasteiger partial charge in [0.15, 0.2) is 0 Å². The second kappa shape index (κ2) is 15.7. The number of azo groups is 1.